The molecule has 308 valence electrons. The van der Waals surface area contributed by atoms with Gasteiger partial charge in [-0.25, -0.2) is 0 Å². The van der Waals surface area contributed by atoms with Crippen molar-refractivity contribution in [3.63, 3.8) is 0 Å². The molecule has 7 aromatic rings. The minimum absolute atomic E-state index is 0.0235. The number of ether oxygens (including phenoxy) is 1. The van der Waals surface area contributed by atoms with E-state index in [2.05, 4.69) is 0 Å². The number of phenols is 11. The van der Waals surface area contributed by atoms with Gasteiger partial charge in [-0.2, -0.15) is 0 Å². The number of rotatable bonds is 4. The summed E-state index contributed by atoms with van der Waals surface area (Å²) in [5.74, 6) is -3.04. The Kier molecular flexibility index (Phi) is 11.7. The first-order valence-corrected chi connectivity index (χ1v) is 17.6. The molecule has 13 N–H and O–H groups in total. The zero-order valence-corrected chi connectivity index (χ0v) is 30.9. The van der Waals surface area contributed by atoms with Gasteiger partial charge in [0.2, 0.25) is 11.2 Å². The van der Waals surface area contributed by atoms with Crippen molar-refractivity contribution in [2.45, 2.75) is 18.6 Å². The molecule has 16 heteroatoms. The van der Waals surface area contributed by atoms with Crippen LogP contribution in [0.3, 0.4) is 0 Å². The molecule has 1 aliphatic rings. The third-order valence-electron chi connectivity index (χ3n) is 8.97. The van der Waals surface area contributed by atoms with Gasteiger partial charge in [-0.3, -0.25) is 4.79 Å². The van der Waals surface area contributed by atoms with Crippen LogP contribution < -0.4 is 10.2 Å². The topological polar surface area (TPSA) is 302 Å². The van der Waals surface area contributed by atoms with Gasteiger partial charge in [0.15, 0.2) is 28.8 Å². The van der Waals surface area contributed by atoms with Crippen LogP contribution in [0.15, 0.2) is 112 Å². The van der Waals surface area contributed by atoms with E-state index in [0.717, 1.165) is 29.8 Å². The van der Waals surface area contributed by atoms with Crippen molar-refractivity contribution in [2.24, 2.45) is 0 Å². The van der Waals surface area contributed by atoms with Gasteiger partial charge in [-0.05, 0) is 71.3 Å². The molecular weight excluding hydrogens is 784 g/mol. The maximum absolute atomic E-state index is 12.1. The second-order valence-electron chi connectivity index (χ2n) is 13.4. The predicted octanol–water partition coefficient (Wildman–Crippen LogP) is 6.51. The number of fused-ring (bicyclic) bond motifs is 2. The Labute approximate surface area is 338 Å². The third-order valence-corrected chi connectivity index (χ3v) is 8.97. The molecule has 0 saturated heterocycles. The number of aromatic hydroxyl groups is 12. The number of aliphatic hydroxyl groups excluding tert-OH is 1. The van der Waals surface area contributed by atoms with Crippen LogP contribution in [-0.2, 0) is 6.42 Å². The fourth-order valence-corrected chi connectivity index (χ4v) is 6.09. The fraction of sp³-hybridized carbons (Fsp3) is 0.0682. The highest BCUT2D eigenvalue weighted by molar-refractivity contribution is 5.88. The van der Waals surface area contributed by atoms with Crippen LogP contribution in [0.4, 0.5) is 0 Å². The maximum atomic E-state index is 12.1. The monoisotopic (exact) mass is 820 g/mol. The van der Waals surface area contributed by atoms with Crippen molar-refractivity contribution in [3.05, 3.63) is 136 Å². The molecule has 2 atom stereocenters. The molecule has 0 fully saturated rings. The van der Waals surface area contributed by atoms with Gasteiger partial charge in [0.25, 0.3) is 0 Å². The number of benzene rings is 6. The first kappa shape index (κ1) is 41.3. The Balaban J connectivity index is 0.000000152. The minimum Gasteiger partial charge on any atom is -0.508 e. The van der Waals surface area contributed by atoms with Crippen LogP contribution in [0.2, 0.25) is 0 Å². The number of phenolic OH excluding ortho intramolecular Hbond substituents is 11. The summed E-state index contributed by atoms with van der Waals surface area (Å²) in [6.45, 7) is 0. The molecule has 2 heterocycles. The molecule has 1 aromatic heterocycles. The lowest BCUT2D eigenvalue weighted by Gasteiger charge is -2.31. The normalized spacial score (nSPS) is 14.3. The highest BCUT2D eigenvalue weighted by atomic mass is 16.5. The molecule has 0 unspecified atom stereocenters. The lowest BCUT2D eigenvalue weighted by atomic mass is 9.94. The molecule has 0 saturated carbocycles. The van der Waals surface area contributed by atoms with E-state index in [4.69, 9.17) is 14.3 Å². The largest absolute Gasteiger partial charge is 0.508 e. The van der Waals surface area contributed by atoms with Crippen molar-refractivity contribution < 1.29 is 75.5 Å². The van der Waals surface area contributed by atoms with E-state index in [1.807, 2.05) is 6.08 Å². The average Bonchev–Trinajstić information content (AvgIpc) is 3.18. The fourth-order valence-electron chi connectivity index (χ4n) is 6.09. The van der Waals surface area contributed by atoms with Gasteiger partial charge in [0.05, 0.1) is 6.10 Å². The number of hydrogen-bond acceptors (Lipinski definition) is 16. The van der Waals surface area contributed by atoms with E-state index in [0.29, 0.717) is 16.7 Å². The maximum Gasteiger partial charge on any atom is 0.238 e. The van der Waals surface area contributed by atoms with Crippen molar-refractivity contribution >= 4 is 23.1 Å². The van der Waals surface area contributed by atoms with Crippen molar-refractivity contribution in [1.29, 1.82) is 0 Å². The quantitative estimate of drug-likeness (QED) is 0.0665. The van der Waals surface area contributed by atoms with Crippen LogP contribution in [0.5, 0.6) is 74.7 Å². The standard InChI is InChI=1S/C15H10O7.C15H14O6.C14H12O3/c16-7-4-10(19)12-11(5-7)22-15(14(21)13(12)20)6-1-2-8(17)9(18)3-6;16-8-4-11(18)9-6-13(20)15(21-14(9)5-8)7-1-2-10(17)12(19)3-7;15-12-5-3-10(4-6-12)1-2-11-7-13(16)9-14(17)8-11/h1-5,16-19,21H;1-5,13,15-20H,6H2;1-9,15-17H/b;;2-1+/t;13-,15+;/m.0./s1. The molecule has 60 heavy (non-hydrogen) atoms. The zero-order valence-electron chi connectivity index (χ0n) is 30.9. The van der Waals surface area contributed by atoms with Gasteiger partial charge >= 0.3 is 0 Å². The molecular formula is C44H36O16. The number of aliphatic hydroxyl groups is 1. The van der Waals surface area contributed by atoms with E-state index in [9.17, 15) is 66.1 Å². The van der Waals surface area contributed by atoms with E-state index >= 15 is 0 Å². The molecule has 0 aliphatic carbocycles. The highest BCUT2D eigenvalue weighted by Gasteiger charge is 2.32. The van der Waals surface area contributed by atoms with Gasteiger partial charge in [0, 0.05) is 47.9 Å². The molecule has 8 rings (SSSR count). The van der Waals surface area contributed by atoms with Crippen LogP contribution >= 0.6 is 0 Å². The van der Waals surface area contributed by atoms with E-state index in [1.165, 1.54) is 42.5 Å². The summed E-state index contributed by atoms with van der Waals surface area (Å²) in [4.78, 5) is 12.1. The summed E-state index contributed by atoms with van der Waals surface area (Å²) in [6, 6.07) is 23.4. The predicted molar refractivity (Wildman–Crippen MR) is 216 cm³/mol. The van der Waals surface area contributed by atoms with Crippen molar-refractivity contribution in [3.8, 4) is 86.1 Å². The molecule has 1 aliphatic heterocycles. The Morgan fingerprint density at radius 2 is 1.10 bits per heavy atom. The highest BCUT2D eigenvalue weighted by Crippen LogP contribution is 2.43. The first-order chi connectivity index (χ1) is 28.5. The van der Waals surface area contributed by atoms with Crippen LogP contribution in [0.1, 0.15) is 28.4 Å². The summed E-state index contributed by atoms with van der Waals surface area (Å²) < 4.78 is 11.0. The number of hydrogen-bond donors (Lipinski definition) is 13. The molecule has 6 aromatic carbocycles. The third kappa shape index (κ3) is 9.25. The summed E-state index contributed by atoms with van der Waals surface area (Å²) in [6.07, 6.45) is 2.04. The average molecular weight is 821 g/mol. The van der Waals surface area contributed by atoms with Gasteiger partial charge in [-0.1, -0.05) is 30.4 Å². The van der Waals surface area contributed by atoms with E-state index in [-0.39, 0.29) is 86.2 Å². The summed E-state index contributed by atoms with van der Waals surface area (Å²) in [7, 11) is 0. The smallest absolute Gasteiger partial charge is 0.238 e. The van der Waals surface area contributed by atoms with E-state index < -0.39 is 34.9 Å². The van der Waals surface area contributed by atoms with Crippen LogP contribution in [-0.4, -0.2) is 72.5 Å². The Morgan fingerprint density at radius 3 is 1.75 bits per heavy atom. The molecule has 0 amide bonds. The second-order valence-corrected chi connectivity index (χ2v) is 13.4. The first-order valence-electron chi connectivity index (χ1n) is 17.6. The van der Waals surface area contributed by atoms with Crippen LogP contribution in [0, 0.1) is 0 Å². The molecule has 0 bridgehead atoms. The second kappa shape index (κ2) is 17.0. The van der Waals surface area contributed by atoms with Gasteiger partial charge < -0.3 is 75.5 Å². The molecule has 16 nitrogen and oxygen atoms in total. The Hall–Kier alpha value is -8.37. The SMILES string of the molecule is O=c1c(O)c(-c2ccc(O)c(O)c2)oc2cc(O)cc(O)c12.Oc1cc(O)c2c(c1)O[C@H](c1ccc(O)c(O)c1)[C@@H](O)C2.Oc1ccc(/C=C/c2cc(O)cc(O)c2)cc1. The van der Waals surface area contributed by atoms with Crippen molar-refractivity contribution in [1.82, 2.24) is 0 Å². The van der Waals surface area contributed by atoms with Crippen LogP contribution in [0.25, 0.3) is 34.4 Å². The van der Waals surface area contributed by atoms with Gasteiger partial charge in [-0.15, -0.1) is 0 Å². The minimum atomic E-state index is -0.933. The summed E-state index contributed by atoms with van der Waals surface area (Å²) in [5, 5.41) is 124. The van der Waals surface area contributed by atoms with Crippen molar-refractivity contribution in [2.75, 3.05) is 0 Å². The lowest BCUT2D eigenvalue weighted by Crippen LogP contribution is -2.30. The lowest BCUT2D eigenvalue weighted by molar-refractivity contribution is 0.0197. The van der Waals surface area contributed by atoms with E-state index in [1.54, 1.807) is 42.5 Å². The summed E-state index contributed by atoms with van der Waals surface area (Å²) in [5.41, 5.74) is 1.63. The summed E-state index contributed by atoms with van der Waals surface area (Å²) >= 11 is 0. The molecule has 0 radical (unpaired) electrons. The Morgan fingerprint density at radius 1 is 0.517 bits per heavy atom. The molecule has 0 spiro atoms. The van der Waals surface area contributed by atoms with Gasteiger partial charge in [0.1, 0.15) is 63.1 Å². The Bertz CT molecular complexity index is 2770. The zero-order chi connectivity index (χ0) is 43.4.